The van der Waals surface area contributed by atoms with Gasteiger partial charge in [-0.3, -0.25) is 4.79 Å². The van der Waals surface area contributed by atoms with Crippen LogP contribution >= 0.6 is 0 Å². The molecular weight excluding hydrogens is 380 g/mol. The molecule has 29 heavy (non-hydrogen) atoms. The first-order valence-corrected chi connectivity index (χ1v) is 7.36. The van der Waals surface area contributed by atoms with E-state index in [1.807, 2.05) is 13.8 Å². The topological polar surface area (TPSA) is 92.7 Å². The average molecular weight is 435 g/mol. The van der Waals surface area contributed by atoms with Crippen LogP contribution in [0, 0.1) is 0 Å². The fourth-order valence-electron chi connectivity index (χ4n) is 2.43. The lowest BCUT2D eigenvalue weighted by Crippen LogP contribution is -2.61. The molecule has 1 saturated heterocycles. The normalized spacial score (nSPS) is 24.2. The Hall–Kier alpha value is -0.770. The Morgan fingerprint density at radius 1 is 0.862 bits per heavy atom. The lowest BCUT2D eigenvalue weighted by molar-refractivity contribution is -0.323. The fourth-order valence-corrected chi connectivity index (χ4v) is 2.43. The molecule has 0 radical (unpaired) electrons. The molecule has 1 heterocycles. The third-order valence-corrected chi connectivity index (χ3v) is 3.27. The van der Waals surface area contributed by atoms with E-state index in [4.69, 9.17) is 33.5 Å². The summed E-state index contributed by atoms with van der Waals surface area (Å²) in [5, 5.41) is 9.10. The van der Waals surface area contributed by atoms with Crippen molar-refractivity contribution in [3.05, 3.63) is 0 Å². The van der Waals surface area contributed by atoms with Gasteiger partial charge in [0.1, 0.15) is 37.8 Å². The highest BCUT2D eigenvalue weighted by molar-refractivity contribution is 5.65. The molecule has 1 aliphatic rings. The zero-order valence-corrected chi connectivity index (χ0v) is 13.5. The first-order chi connectivity index (χ1) is 10.6. The van der Waals surface area contributed by atoms with Crippen LogP contribution in [0.15, 0.2) is 0 Å². The molecule has 5 unspecified atom stereocenters. The van der Waals surface area contributed by atoms with Crippen molar-refractivity contribution in [1.82, 2.24) is 0 Å². The van der Waals surface area contributed by atoms with E-state index in [1.165, 1.54) is 14.0 Å². The van der Waals surface area contributed by atoms with E-state index in [2.05, 4.69) is 0 Å². The molecule has 1 fully saturated rings. The number of aliphatic hydroxyl groups is 1. The molecule has 186 valence electrons. The Morgan fingerprint density at radius 2 is 1.38 bits per heavy atom. The van der Waals surface area contributed by atoms with E-state index in [-0.39, 0.29) is 58.6 Å². The molecule has 1 aliphatic heterocycles. The minimum Gasteiger partial charge on any atom is -0.463 e. The third kappa shape index (κ3) is 14.0. The molecule has 0 aromatic rings. The highest BCUT2D eigenvalue weighted by Gasteiger charge is 2.48. The van der Waals surface area contributed by atoms with E-state index >= 15 is 0 Å². The van der Waals surface area contributed by atoms with E-state index in [1.54, 1.807) is 0 Å². The van der Waals surface area contributed by atoms with Crippen LogP contribution in [-0.4, -0.2) is 75.5 Å². The first kappa shape index (κ1) is 46.4. The zero-order chi connectivity index (χ0) is 16.5. The van der Waals surface area contributed by atoms with Crippen molar-refractivity contribution in [1.29, 1.82) is 0 Å². The lowest BCUT2D eigenvalue weighted by atomic mass is 9.98. The minimum absolute atomic E-state index is 0. The summed E-state index contributed by atoms with van der Waals surface area (Å²) in [7, 11) is 1.52. The Kier molecular flexibility index (Phi) is 40.5. The molecule has 5 atom stereocenters. The van der Waals surface area contributed by atoms with Gasteiger partial charge < -0.3 is 33.5 Å². The van der Waals surface area contributed by atoms with Gasteiger partial charge in [0.05, 0.1) is 0 Å². The van der Waals surface area contributed by atoms with Crippen molar-refractivity contribution in [2.75, 3.05) is 33.7 Å². The molecule has 0 aromatic carbocycles. The van der Waals surface area contributed by atoms with Gasteiger partial charge >= 0.3 is 5.97 Å². The molecular formula is C21H54O8. The third-order valence-electron chi connectivity index (χ3n) is 3.27. The maximum Gasteiger partial charge on any atom is 0.302 e. The van der Waals surface area contributed by atoms with Gasteiger partial charge in [0, 0.05) is 27.2 Å². The predicted molar refractivity (Wildman–Crippen MR) is 122 cm³/mol. The summed E-state index contributed by atoms with van der Waals surface area (Å²) in [6.07, 6.45) is -3.00. The van der Waals surface area contributed by atoms with Crippen LogP contribution in [0.4, 0.5) is 0 Å². The standard InChI is InChI=1S/C14H26O8.7CH4/c1-5-18-13-12(17-4)11(21-8-15)10(7-20-9(3)16)22-14(13)19-6-2;;;;;;;/h10-15H,5-8H2,1-4H3;7*1H4. The van der Waals surface area contributed by atoms with Gasteiger partial charge in [-0.2, -0.15) is 0 Å². The summed E-state index contributed by atoms with van der Waals surface area (Å²) in [5.41, 5.74) is 0. The van der Waals surface area contributed by atoms with Crippen LogP contribution in [0.5, 0.6) is 0 Å². The molecule has 1 N–H and O–H groups in total. The number of aliphatic hydroxyl groups excluding tert-OH is 1. The number of hydrogen-bond donors (Lipinski definition) is 1. The summed E-state index contributed by atoms with van der Waals surface area (Å²) in [6, 6.07) is 0. The second kappa shape index (κ2) is 25.3. The quantitative estimate of drug-likeness (QED) is 0.418. The van der Waals surface area contributed by atoms with Crippen LogP contribution in [-0.2, 0) is 33.2 Å². The maximum absolute atomic E-state index is 11.0. The SMILES string of the molecule is C.C.C.C.C.C.C.CCOC1OC(COC(C)=O)C(OCO)C(OC)C1OCC. The highest BCUT2D eigenvalue weighted by atomic mass is 16.7. The summed E-state index contributed by atoms with van der Waals surface area (Å²) >= 11 is 0. The number of carbonyl (C=O) groups is 1. The monoisotopic (exact) mass is 434 g/mol. The van der Waals surface area contributed by atoms with E-state index < -0.39 is 43.5 Å². The molecule has 8 heteroatoms. The molecule has 0 bridgehead atoms. The number of esters is 1. The predicted octanol–water partition coefficient (Wildman–Crippen LogP) is 4.52. The fraction of sp³-hybridized carbons (Fsp3) is 0.952. The van der Waals surface area contributed by atoms with Crippen LogP contribution in [0.1, 0.15) is 72.8 Å². The zero-order valence-electron chi connectivity index (χ0n) is 13.5. The number of carbonyl (C=O) groups excluding carboxylic acids is 1. The second-order valence-corrected chi connectivity index (χ2v) is 4.68. The number of hydrogen-bond acceptors (Lipinski definition) is 8. The Bertz CT molecular complexity index is 328. The van der Waals surface area contributed by atoms with Crippen LogP contribution in [0.25, 0.3) is 0 Å². The summed E-state index contributed by atoms with van der Waals surface area (Å²) in [6.45, 7) is 5.33. The Morgan fingerprint density at radius 3 is 1.76 bits per heavy atom. The van der Waals surface area contributed by atoms with Gasteiger partial charge in [-0.25, -0.2) is 0 Å². The summed E-state index contributed by atoms with van der Waals surface area (Å²) in [5.74, 6) is -0.430. The van der Waals surface area contributed by atoms with E-state index in [0.29, 0.717) is 13.2 Å². The van der Waals surface area contributed by atoms with Gasteiger partial charge in [0.25, 0.3) is 0 Å². The maximum atomic E-state index is 11.0. The smallest absolute Gasteiger partial charge is 0.302 e. The van der Waals surface area contributed by atoms with Crippen molar-refractivity contribution < 1.29 is 38.3 Å². The lowest BCUT2D eigenvalue weighted by Gasteiger charge is -2.44. The highest BCUT2D eigenvalue weighted by Crippen LogP contribution is 2.28. The summed E-state index contributed by atoms with van der Waals surface area (Å²) in [4.78, 5) is 11.0. The van der Waals surface area contributed by atoms with Gasteiger partial charge in [-0.05, 0) is 13.8 Å². The summed E-state index contributed by atoms with van der Waals surface area (Å²) < 4.78 is 32.8. The Balaban J connectivity index is -0.000000138. The number of rotatable bonds is 9. The van der Waals surface area contributed by atoms with Crippen molar-refractivity contribution in [3.63, 3.8) is 0 Å². The van der Waals surface area contributed by atoms with Crippen LogP contribution in [0.3, 0.4) is 0 Å². The van der Waals surface area contributed by atoms with E-state index in [9.17, 15) is 4.79 Å². The molecule has 0 spiro atoms. The van der Waals surface area contributed by atoms with Crippen molar-refractivity contribution in [2.45, 2.75) is 103 Å². The Labute approximate surface area is 182 Å². The molecule has 1 rings (SSSR count). The molecule has 0 saturated carbocycles. The molecule has 0 amide bonds. The van der Waals surface area contributed by atoms with E-state index in [0.717, 1.165) is 0 Å². The van der Waals surface area contributed by atoms with Gasteiger partial charge in [-0.15, -0.1) is 0 Å². The van der Waals surface area contributed by atoms with Crippen LogP contribution < -0.4 is 0 Å². The van der Waals surface area contributed by atoms with Crippen molar-refractivity contribution in [3.8, 4) is 0 Å². The second-order valence-electron chi connectivity index (χ2n) is 4.68. The number of ether oxygens (including phenoxy) is 6. The van der Waals surface area contributed by atoms with Gasteiger partial charge in [0.2, 0.25) is 0 Å². The van der Waals surface area contributed by atoms with Crippen molar-refractivity contribution >= 4 is 5.97 Å². The molecule has 0 aliphatic carbocycles. The first-order valence-electron chi connectivity index (χ1n) is 7.36. The number of methoxy groups -OCH3 is 1. The average Bonchev–Trinajstić information content (AvgIpc) is 2.49. The van der Waals surface area contributed by atoms with Crippen LogP contribution in [0.2, 0.25) is 0 Å². The van der Waals surface area contributed by atoms with Crippen molar-refractivity contribution in [2.24, 2.45) is 0 Å². The molecule has 0 aromatic heterocycles. The van der Waals surface area contributed by atoms with Gasteiger partial charge in [0.15, 0.2) is 6.29 Å². The van der Waals surface area contributed by atoms with Gasteiger partial charge in [-0.1, -0.05) is 52.0 Å². The largest absolute Gasteiger partial charge is 0.463 e. The minimum atomic E-state index is -0.672. The molecule has 8 nitrogen and oxygen atoms in total.